The van der Waals surface area contributed by atoms with Gasteiger partial charge >= 0.3 is 5.97 Å². The maximum Gasteiger partial charge on any atom is 0.322 e. The van der Waals surface area contributed by atoms with Crippen molar-refractivity contribution in [2.75, 3.05) is 7.11 Å². The lowest BCUT2D eigenvalue weighted by molar-refractivity contribution is -0.146. The highest BCUT2D eigenvalue weighted by molar-refractivity contribution is 6.08. The van der Waals surface area contributed by atoms with Crippen LogP contribution < -0.4 is 0 Å². The molecule has 0 amide bonds. The molecule has 0 fully saturated rings. The van der Waals surface area contributed by atoms with E-state index in [9.17, 15) is 9.59 Å². The summed E-state index contributed by atoms with van der Waals surface area (Å²) >= 11 is 0. The van der Waals surface area contributed by atoms with E-state index in [0.29, 0.717) is 6.42 Å². The summed E-state index contributed by atoms with van der Waals surface area (Å²) in [5, 5.41) is 1.11. The number of ketones is 1. The third-order valence-electron chi connectivity index (χ3n) is 4.48. The first kappa shape index (κ1) is 13.9. The second-order valence-electron chi connectivity index (χ2n) is 6.32. The van der Waals surface area contributed by atoms with Crippen molar-refractivity contribution < 1.29 is 14.3 Å². The maximum absolute atomic E-state index is 12.5. The van der Waals surface area contributed by atoms with Crippen molar-refractivity contribution in [3.8, 4) is 0 Å². The minimum absolute atomic E-state index is 0.0646. The molecule has 0 aliphatic heterocycles. The van der Waals surface area contributed by atoms with E-state index in [1.54, 1.807) is 0 Å². The lowest BCUT2D eigenvalue weighted by Crippen LogP contribution is -2.37. The number of rotatable bonds is 1. The fraction of sp³-hybridized carbons (Fsp3) is 0.412. The van der Waals surface area contributed by atoms with Gasteiger partial charge in [0.15, 0.2) is 11.7 Å². The van der Waals surface area contributed by atoms with Crippen LogP contribution in [0.2, 0.25) is 0 Å². The van der Waals surface area contributed by atoms with Gasteiger partial charge in [0, 0.05) is 30.1 Å². The molecule has 1 aromatic heterocycles. The Balaban J connectivity index is 2.41. The number of methoxy groups -OCH3 is 1. The number of ether oxygens (including phenoxy) is 1. The molecular weight excluding hydrogens is 266 g/mol. The molecule has 1 aliphatic rings. The number of fused-ring (bicyclic) bond motifs is 3. The molecule has 4 heteroatoms. The Kier molecular flexibility index (Phi) is 2.94. The third kappa shape index (κ3) is 1.82. The SMILES string of the molecule is COC(=O)C1C(=O)CC(C)(C)c2c1n(C)c1ccccc21. The molecule has 110 valence electrons. The monoisotopic (exact) mass is 285 g/mol. The largest absolute Gasteiger partial charge is 0.468 e. The van der Waals surface area contributed by atoms with Crippen LogP contribution in [0.25, 0.3) is 10.9 Å². The first-order valence-electron chi connectivity index (χ1n) is 7.07. The number of Topliss-reactive ketones (excluding diaryl/α,β-unsaturated/α-hetero) is 1. The quantitative estimate of drug-likeness (QED) is 0.598. The van der Waals surface area contributed by atoms with Crippen LogP contribution in [0, 0.1) is 0 Å². The first-order valence-corrected chi connectivity index (χ1v) is 7.07. The van der Waals surface area contributed by atoms with E-state index < -0.39 is 11.9 Å². The molecule has 1 unspecified atom stereocenters. The molecule has 3 rings (SSSR count). The topological polar surface area (TPSA) is 48.3 Å². The number of nitrogens with zero attached hydrogens (tertiary/aromatic N) is 1. The smallest absolute Gasteiger partial charge is 0.322 e. The zero-order valence-electron chi connectivity index (χ0n) is 12.8. The second-order valence-corrected chi connectivity index (χ2v) is 6.32. The standard InChI is InChI=1S/C17H19NO3/c1-17(2)9-12(19)13(16(20)21-4)15-14(17)10-7-5-6-8-11(10)18(15)3/h5-8,13H,9H2,1-4H3. The minimum Gasteiger partial charge on any atom is -0.468 e. The van der Waals surface area contributed by atoms with Gasteiger partial charge < -0.3 is 9.30 Å². The molecule has 2 aromatic rings. The van der Waals surface area contributed by atoms with Gasteiger partial charge in [-0.25, -0.2) is 0 Å². The van der Waals surface area contributed by atoms with Gasteiger partial charge in [0.1, 0.15) is 0 Å². The minimum atomic E-state index is -0.810. The van der Waals surface area contributed by atoms with Crippen molar-refractivity contribution in [2.45, 2.75) is 31.6 Å². The first-order chi connectivity index (χ1) is 9.88. The molecular formula is C17H19NO3. The van der Waals surface area contributed by atoms with Gasteiger partial charge in [0.25, 0.3) is 0 Å². The van der Waals surface area contributed by atoms with Crippen LogP contribution in [0.3, 0.4) is 0 Å². The summed E-state index contributed by atoms with van der Waals surface area (Å²) in [6.45, 7) is 4.12. The summed E-state index contributed by atoms with van der Waals surface area (Å²) < 4.78 is 6.83. The normalized spacial score (nSPS) is 20.4. The fourth-order valence-corrected chi connectivity index (χ4v) is 3.60. The third-order valence-corrected chi connectivity index (χ3v) is 4.48. The van der Waals surface area contributed by atoms with Gasteiger partial charge in [-0.1, -0.05) is 32.0 Å². The Morgan fingerprint density at radius 2 is 2.00 bits per heavy atom. The Morgan fingerprint density at radius 3 is 2.67 bits per heavy atom. The number of para-hydroxylation sites is 1. The van der Waals surface area contributed by atoms with Gasteiger partial charge in [0.05, 0.1) is 7.11 Å². The zero-order valence-corrected chi connectivity index (χ0v) is 12.8. The van der Waals surface area contributed by atoms with Gasteiger partial charge in [-0.05, 0) is 17.0 Å². The lowest BCUT2D eigenvalue weighted by atomic mass is 9.70. The average molecular weight is 285 g/mol. The number of esters is 1. The van der Waals surface area contributed by atoms with Crippen molar-refractivity contribution in [2.24, 2.45) is 7.05 Å². The Hall–Kier alpha value is -2.10. The number of carbonyl (C=O) groups is 2. The Labute approximate surface area is 123 Å². The summed E-state index contributed by atoms with van der Waals surface area (Å²) in [5.41, 5.74) is 2.64. The summed E-state index contributed by atoms with van der Waals surface area (Å²) in [6, 6.07) is 8.03. The van der Waals surface area contributed by atoms with E-state index in [0.717, 1.165) is 22.2 Å². The van der Waals surface area contributed by atoms with Crippen molar-refractivity contribution >= 4 is 22.7 Å². The summed E-state index contributed by atoms with van der Waals surface area (Å²) in [6.07, 6.45) is 0.355. The predicted molar refractivity (Wildman–Crippen MR) is 80.3 cm³/mol. The number of hydrogen-bond acceptors (Lipinski definition) is 3. The van der Waals surface area contributed by atoms with E-state index in [1.165, 1.54) is 7.11 Å². The van der Waals surface area contributed by atoms with Gasteiger partial charge in [0.2, 0.25) is 0 Å². The van der Waals surface area contributed by atoms with Crippen LogP contribution in [-0.2, 0) is 26.8 Å². The number of aromatic nitrogens is 1. The van der Waals surface area contributed by atoms with Gasteiger partial charge in [-0.3, -0.25) is 9.59 Å². The molecule has 0 saturated heterocycles. The summed E-state index contributed by atoms with van der Waals surface area (Å²) in [4.78, 5) is 24.6. The van der Waals surface area contributed by atoms with Crippen molar-refractivity contribution in [1.29, 1.82) is 0 Å². The van der Waals surface area contributed by atoms with Crippen molar-refractivity contribution in [3.05, 3.63) is 35.5 Å². The number of aryl methyl sites for hydroxylation is 1. The molecule has 4 nitrogen and oxygen atoms in total. The van der Waals surface area contributed by atoms with E-state index in [2.05, 4.69) is 19.9 Å². The highest BCUT2D eigenvalue weighted by Crippen LogP contribution is 2.45. The highest BCUT2D eigenvalue weighted by Gasteiger charge is 2.45. The Bertz CT molecular complexity index is 755. The lowest BCUT2D eigenvalue weighted by Gasteiger charge is -2.33. The Morgan fingerprint density at radius 1 is 1.33 bits per heavy atom. The van der Waals surface area contributed by atoms with Gasteiger partial charge in [-0.15, -0.1) is 0 Å². The molecule has 0 N–H and O–H groups in total. The summed E-state index contributed by atoms with van der Waals surface area (Å²) in [7, 11) is 3.24. The molecule has 1 atom stereocenters. The molecule has 1 aliphatic carbocycles. The molecule has 21 heavy (non-hydrogen) atoms. The van der Waals surface area contributed by atoms with E-state index in [-0.39, 0.29) is 11.2 Å². The molecule has 1 heterocycles. The van der Waals surface area contributed by atoms with Crippen LogP contribution in [0.4, 0.5) is 0 Å². The van der Waals surface area contributed by atoms with Crippen LogP contribution in [-0.4, -0.2) is 23.4 Å². The van der Waals surface area contributed by atoms with Crippen molar-refractivity contribution in [3.63, 3.8) is 0 Å². The van der Waals surface area contributed by atoms with Crippen molar-refractivity contribution in [1.82, 2.24) is 4.57 Å². The van der Waals surface area contributed by atoms with Crippen LogP contribution in [0.5, 0.6) is 0 Å². The number of carbonyl (C=O) groups excluding carboxylic acids is 2. The highest BCUT2D eigenvalue weighted by atomic mass is 16.5. The molecule has 0 spiro atoms. The second kappa shape index (κ2) is 4.45. The zero-order chi connectivity index (χ0) is 15.4. The van der Waals surface area contributed by atoms with E-state index in [4.69, 9.17) is 4.74 Å². The fourth-order valence-electron chi connectivity index (χ4n) is 3.60. The van der Waals surface area contributed by atoms with Crippen LogP contribution in [0.15, 0.2) is 24.3 Å². The average Bonchev–Trinajstić information content (AvgIpc) is 2.73. The number of benzene rings is 1. The molecule has 1 aromatic carbocycles. The molecule has 0 saturated carbocycles. The predicted octanol–water partition coefficient (Wildman–Crippen LogP) is 2.69. The summed E-state index contributed by atoms with van der Waals surface area (Å²) in [5.74, 6) is -1.34. The molecule has 0 bridgehead atoms. The van der Waals surface area contributed by atoms with E-state index in [1.807, 2.05) is 29.8 Å². The molecule has 0 radical (unpaired) electrons. The van der Waals surface area contributed by atoms with Crippen LogP contribution in [0.1, 0.15) is 37.4 Å². The van der Waals surface area contributed by atoms with Crippen LogP contribution >= 0.6 is 0 Å². The number of hydrogen-bond donors (Lipinski definition) is 0. The van der Waals surface area contributed by atoms with E-state index >= 15 is 0 Å². The maximum atomic E-state index is 12.5. The van der Waals surface area contributed by atoms with Gasteiger partial charge in [-0.2, -0.15) is 0 Å².